The molecule has 0 aliphatic heterocycles. The van der Waals surface area contributed by atoms with Crippen molar-refractivity contribution in [2.45, 2.75) is 31.1 Å². The van der Waals surface area contributed by atoms with Crippen LogP contribution in [0.25, 0.3) is 11.1 Å². The highest BCUT2D eigenvalue weighted by Gasteiger charge is 2.43. The zero-order valence-electron chi connectivity index (χ0n) is 19.0. The third kappa shape index (κ3) is 5.89. The molecule has 1 aromatic carbocycles. The SMILES string of the molecule is CC(CCn1ccc(-c2ccc(OCCc3cccnc3)cc2)cc1=O)(C(=O)NO)S(C)(=O)=O. The molecule has 0 spiro atoms. The minimum atomic E-state index is -3.84. The van der Waals surface area contributed by atoms with E-state index in [4.69, 9.17) is 9.94 Å². The fourth-order valence-electron chi connectivity index (χ4n) is 3.37. The van der Waals surface area contributed by atoms with E-state index in [0.717, 1.165) is 23.8 Å². The van der Waals surface area contributed by atoms with Crippen LogP contribution in [0.4, 0.5) is 0 Å². The second kappa shape index (κ2) is 10.6. The molecule has 0 saturated heterocycles. The summed E-state index contributed by atoms with van der Waals surface area (Å²) in [4.78, 5) is 28.6. The molecular weight excluding hydrogens is 458 g/mol. The Morgan fingerprint density at radius 1 is 1.18 bits per heavy atom. The number of benzene rings is 1. The minimum Gasteiger partial charge on any atom is -0.493 e. The maximum Gasteiger partial charge on any atom is 0.264 e. The second-order valence-electron chi connectivity index (χ2n) is 8.13. The van der Waals surface area contributed by atoms with Gasteiger partial charge in [-0.3, -0.25) is 19.8 Å². The number of carbonyl (C=O) groups excluding carboxylic acids is 1. The molecule has 180 valence electrons. The molecule has 1 unspecified atom stereocenters. The third-order valence-corrected chi connectivity index (χ3v) is 7.82. The van der Waals surface area contributed by atoms with Gasteiger partial charge in [0.15, 0.2) is 14.6 Å². The zero-order chi connectivity index (χ0) is 24.8. The fourth-order valence-corrected chi connectivity index (χ4v) is 4.21. The molecule has 0 aliphatic rings. The first-order valence-corrected chi connectivity index (χ1v) is 12.5. The van der Waals surface area contributed by atoms with Crippen molar-refractivity contribution in [3.63, 3.8) is 0 Å². The molecule has 1 amide bonds. The van der Waals surface area contributed by atoms with Gasteiger partial charge in [0.25, 0.3) is 11.5 Å². The van der Waals surface area contributed by atoms with Crippen LogP contribution in [0.2, 0.25) is 0 Å². The number of hydrogen-bond donors (Lipinski definition) is 2. The summed E-state index contributed by atoms with van der Waals surface area (Å²) in [5.41, 5.74) is 3.67. The summed E-state index contributed by atoms with van der Waals surface area (Å²) in [6.45, 7) is 1.72. The van der Waals surface area contributed by atoms with Gasteiger partial charge in [-0.1, -0.05) is 18.2 Å². The van der Waals surface area contributed by atoms with E-state index >= 15 is 0 Å². The number of hydroxylamine groups is 1. The van der Waals surface area contributed by atoms with Gasteiger partial charge in [0.1, 0.15) is 5.75 Å². The Labute approximate surface area is 197 Å². The van der Waals surface area contributed by atoms with Gasteiger partial charge in [-0.2, -0.15) is 0 Å². The van der Waals surface area contributed by atoms with Crippen LogP contribution >= 0.6 is 0 Å². The lowest BCUT2D eigenvalue weighted by Gasteiger charge is -2.25. The van der Waals surface area contributed by atoms with Crippen molar-refractivity contribution in [3.05, 3.63) is 83.0 Å². The summed E-state index contributed by atoms with van der Waals surface area (Å²) in [7, 11) is -3.84. The molecule has 10 heteroatoms. The second-order valence-corrected chi connectivity index (χ2v) is 10.6. The van der Waals surface area contributed by atoms with Gasteiger partial charge in [-0.05, 0) is 54.3 Å². The lowest BCUT2D eigenvalue weighted by Crippen LogP contribution is -2.49. The highest BCUT2D eigenvalue weighted by atomic mass is 32.2. The standard InChI is InChI=1S/C24H27N3O6S/c1-24(23(29)26-30,34(2,31)32)11-14-27-13-9-20(16-22(27)28)19-5-7-21(8-6-19)33-15-10-18-4-3-12-25-17-18/h3-9,12-13,16-17,30H,10-11,14-15H2,1-2H3,(H,26,29). The molecule has 1 atom stereocenters. The quantitative estimate of drug-likeness (QED) is 0.333. The van der Waals surface area contributed by atoms with Crippen LogP contribution in [-0.2, 0) is 27.6 Å². The third-order valence-electron chi connectivity index (χ3n) is 5.80. The van der Waals surface area contributed by atoms with Crippen LogP contribution in [-0.4, -0.2) is 46.7 Å². The number of nitrogens with zero attached hydrogens (tertiary/aromatic N) is 2. The number of ether oxygens (including phenoxy) is 1. The van der Waals surface area contributed by atoms with Crippen molar-refractivity contribution in [3.8, 4) is 16.9 Å². The van der Waals surface area contributed by atoms with E-state index in [1.165, 1.54) is 23.0 Å². The number of pyridine rings is 2. The van der Waals surface area contributed by atoms with Crippen molar-refractivity contribution < 1.29 is 23.2 Å². The topological polar surface area (TPSA) is 128 Å². The smallest absolute Gasteiger partial charge is 0.264 e. The van der Waals surface area contributed by atoms with Gasteiger partial charge in [0.2, 0.25) is 0 Å². The van der Waals surface area contributed by atoms with Crippen LogP contribution in [0.3, 0.4) is 0 Å². The number of rotatable bonds is 10. The van der Waals surface area contributed by atoms with Crippen LogP contribution < -0.4 is 15.8 Å². The Hall–Kier alpha value is -3.50. The first-order chi connectivity index (χ1) is 16.1. The molecule has 3 rings (SSSR count). The molecule has 2 aromatic heterocycles. The number of hydrogen-bond acceptors (Lipinski definition) is 7. The monoisotopic (exact) mass is 485 g/mol. The van der Waals surface area contributed by atoms with E-state index in [-0.39, 0.29) is 18.5 Å². The highest BCUT2D eigenvalue weighted by molar-refractivity contribution is 7.92. The Kier molecular flexibility index (Phi) is 7.85. The Morgan fingerprint density at radius 2 is 1.91 bits per heavy atom. The van der Waals surface area contributed by atoms with Gasteiger partial charge in [0, 0.05) is 43.9 Å². The molecule has 2 heterocycles. The largest absolute Gasteiger partial charge is 0.493 e. The van der Waals surface area contributed by atoms with Crippen molar-refractivity contribution in [2.24, 2.45) is 0 Å². The normalized spacial score (nSPS) is 13.1. The number of amides is 1. The lowest BCUT2D eigenvalue weighted by molar-refractivity contribution is -0.131. The minimum absolute atomic E-state index is 0.0141. The molecule has 2 N–H and O–H groups in total. The van der Waals surface area contributed by atoms with Crippen molar-refractivity contribution in [1.29, 1.82) is 0 Å². The molecule has 3 aromatic rings. The predicted octanol–water partition coefficient (Wildman–Crippen LogP) is 2.23. The molecule has 0 bridgehead atoms. The Bertz CT molecular complexity index is 1290. The predicted molar refractivity (Wildman–Crippen MR) is 127 cm³/mol. The molecule has 0 aliphatic carbocycles. The van der Waals surface area contributed by atoms with Crippen LogP contribution in [0, 0.1) is 0 Å². The number of sulfone groups is 1. The van der Waals surface area contributed by atoms with E-state index in [9.17, 15) is 18.0 Å². The number of aromatic nitrogens is 2. The fraction of sp³-hybridized carbons (Fsp3) is 0.292. The van der Waals surface area contributed by atoms with Gasteiger partial charge >= 0.3 is 0 Å². The summed E-state index contributed by atoms with van der Waals surface area (Å²) >= 11 is 0. The molecule has 0 fully saturated rings. The van der Waals surface area contributed by atoms with Crippen molar-refractivity contribution in [2.75, 3.05) is 12.9 Å². The van der Waals surface area contributed by atoms with Gasteiger partial charge in [-0.25, -0.2) is 13.9 Å². The number of aryl methyl sites for hydroxylation is 1. The number of nitrogens with one attached hydrogen (secondary N) is 1. The van der Waals surface area contributed by atoms with E-state index in [1.54, 1.807) is 24.7 Å². The van der Waals surface area contributed by atoms with Crippen LogP contribution in [0.1, 0.15) is 18.9 Å². The number of carbonyl (C=O) groups is 1. The summed E-state index contributed by atoms with van der Waals surface area (Å²) < 4.78 is 29.4. The van der Waals surface area contributed by atoms with Crippen molar-refractivity contribution in [1.82, 2.24) is 15.0 Å². The van der Waals surface area contributed by atoms with Gasteiger partial charge in [0.05, 0.1) is 6.61 Å². The average molecular weight is 486 g/mol. The zero-order valence-corrected chi connectivity index (χ0v) is 19.8. The Morgan fingerprint density at radius 3 is 2.50 bits per heavy atom. The molecule has 9 nitrogen and oxygen atoms in total. The van der Waals surface area contributed by atoms with E-state index in [0.29, 0.717) is 17.9 Å². The first kappa shape index (κ1) is 25.1. The van der Waals surface area contributed by atoms with E-state index in [1.807, 2.05) is 36.4 Å². The van der Waals surface area contributed by atoms with Crippen molar-refractivity contribution >= 4 is 15.7 Å². The highest BCUT2D eigenvalue weighted by Crippen LogP contribution is 2.23. The Balaban J connectivity index is 1.65. The van der Waals surface area contributed by atoms with E-state index in [2.05, 4.69) is 4.98 Å². The van der Waals surface area contributed by atoms with Crippen LogP contribution in [0.15, 0.2) is 71.9 Å². The average Bonchev–Trinajstić information content (AvgIpc) is 2.83. The van der Waals surface area contributed by atoms with Gasteiger partial charge < -0.3 is 9.30 Å². The maximum absolute atomic E-state index is 12.6. The van der Waals surface area contributed by atoms with E-state index < -0.39 is 20.5 Å². The molecule has 0 radical (unpaired) electrons. The molecule has 0 saturated carbocycles. The summed E-state index contributed by atoms with van der Waals surface area (Å²) in [5, 5.41) is 8.92. The maximum atomic E-state index is 12.6. The lowest BCUT2D eigenvalue weighted by atomic mass is 10.1. The summed E-state index contributed by atoms with van der Waals surface area (Å²) in [6, 6.07) is 14.4. The molecule has 34 heavy (non-hydrogen) atoms. The summed E-state index contributed by atoms with van der Waals surface area (Å²) in [5.74, 6) is -0.328. The van der Waals surface area contributed by atoms with Crippen LogP contribution in [0.5, 0.6) is 5.75 Å². The first-order valence-electron chi connectivity index (χ1n) is 10.6. The molecular formula is C24H27N3O6S. The van der Waals surface area contributed by atoms with Gasteiger partial charge in [-0.15, -0.1) is 0 Å². The summed E-state index contributed by atoms with van der Waals surface area (Å²) in [6.07, 6.45) is 6.56.